The molecule has 20 heavy (non-hydrogen) atoms. The molecular weight excluding hydrogens is 258 g/mol. The number of aromatic amines is 1. The molecule has 0 radical (unpaired) electrons. The second kappa shape index (κ2) is 4.19. The molecule has 2 heterocycles. The van der Waals surface area contributed by atoms with Crippen LogP contribution >= 0.6 is 0 Å². The zero-order valence-corrected chi connectivity index (χ0v) is 10.8. The first-order valence-electron chi connectivity index (χ1n) is 6.22. The molecule has 2 aromatic rings. The van der Waals surface area contributed by atoms with Crippen LogP contribution in [0.3, 0.4) is 0 Å². The van der Waals surface area contributed by atoms with E-state index in [-0.39, 0.29) is 12.2 Å². The summed E-state index contributed by atoms with van der Waals surface area (Å²) in [5, 5.41) is 5.62. The summed E-state index contributed by atoms with van der Waals surface area (Å²) in [6.45, 7) is 1.40. The van der Waals surface area contributed by atoms with E-state index in [0.29, 0.717) is 5.56 Å². The van der Waals surface area contributed by atoms with Gasteiger partial charge in [0.2, 0.25) is 0 Å². The molecule has 3 N–H and O–H groups in total. The van der Waals surface area contributed by atoms with E-state index in [4.69, 9.17) is 0 Å². The van der Waals surface area contributed by atoms with Crippen molar-refractivity contribution in [3.05, 3.63) is 36.0 Å². The van der Waals surface area contributed by atoms with Gasteiger partial charge in [0.05, 0.1) is 0 Å². The highest BCUT2D eigenvalue weighted by Gasteiger charge is 2.49. The van der Waals surface area contributed by atoms with Gasteiger partial charge in [-0.15, -0.1) is 0 Å². The van der Waals surface area contributed by atoms with Gasteiger partial charge < -0.3 is 10.3 Å². The first kappa shape index (κ1) is 12.4. The van der Waals surface area contributed by atoms with Gasteiger partial charge >= 0.3 is 6.03 Å². The Morgan fingerprint density at radius 3 is 2.65 bits per heavy atom. The zero-order chi connectivity index (χ0) is 14.3. The summed E-state index contributed by atoms with van der Waals surface area (Å²) in [7, 11) is 0. The first-order chi connectivity index (χ1) is 9.53. The minimum Gasteiger partial charge on any atom is -0.361 e. The third-order valence-electron chi connectivity index (χ3n) is 3.50. The summed E-state index contributed by atoms with van der Waals surface area (Å²) in [6.07, 6.45) is 1.59. The van der Waals surface area contributed by atoms with Crippen molar-refractivity contribution in [1.29, 1.82) is 0 Å². The maximum Gasteiger partial charge on any atom is 0.322 e. The Bertz CT molecular complexity index is 734. The minimum atomic E-state index is -1.33. The molecule has 0 bridgehead atoms. The second-order valence-electron chi connectivity index (χ2n) is 4.94. The Morgan fingerprint density at radius 1 is 1.25 bits per heavy atom. The molecule has 6 nitrogen and oxygen atoms in total. The van der Waals surface area contributed by atoms with Crippen LogP contribution in [0.1, 0.15) is 18.9 Å². The van der Waals surface area contributed by atoms with E-state index in [1.165, 1.54) is 6.92 Å². The molecule has 1 unspecified atom stereocenters. The second-order valence-corrected chi connectivity index (χ2v) is 4.94. The van der Waals surface area contributed by atoms with Crippen LogP contribution in [0, 0.1) is 0 Å². The van der Waals surface area contributed by atoms with Crippen molar-refractivity contribution < 1.29 is 14.4 Å². The van der Waals surface area contributed by atoms with Gasteiger partial charge in [-0.1, -0.05) is 18.2 Å². The number of fused-ring (bicyclic) bond motifs is 1. The Balaban J connectivity index is 2.22. The lowest BCUT2D eigenvalue weighted by atomic mass is 9.85. The fraction of sp³-hybridized carbons (Fsp3) is 0.214. The molecule has 1 atom stereocenters. The number of para-hydroxylation sites is 1. The number of carbonyl (C=O) groups is 3. The largest absolute Gasteiger partial charge is 0.361 e. The van der Waals surface area contributed by atoms with Crippen molar-refractivity contribution in [3.8, 4) is 0 Å². The molecule has 1 aliphatic rings. The standard InChI is InChI=1S/C14H13N3O3/c1-8(18)6-14(12(19)16-13(20)17-14)10-7-15-11-5-3-2-4-9(10)11/h2-5,7,15H,6H2,1H3,(H2,16,17,19,20). The number of hydrogen-bond acceptors (Lipinski definition) is 3. The highest BCUT2D eigenvalue weighted by molar-refractivity contribution is 6.11. The lowest BCUT2D eigenvalue weighted by Gasteiger charge is -2.24. The summed E-state index contributed by atoms with van der Waals surface area (Å²) >= 11 is 0. The summed E-state index contributed by atoms with van der Waals surface area (Å²) < 4.78 is 0. The van der Waals surface area contributed by atoms with Crippen molar-refractivity contribution in [2.24, 2.45) is 0 Å². The minimum absolute atomic E-state index is 0.0770. The molecule has 0 aliphatic carbocycles. The van der Waals surface area contributed by atoms with E-state index >= 15 is 0 Å². The van der Waals surface area contributed by atoms with Crippen molar-refractivity contribution >= 4 is 28.6 Å². The highest BCUT2D eigenvalue weighted by atomic mass is 16.2. The van der Waals surface area contributed by atoms with Crippen molar-refractivity contribution in [1.82, 2.24) is 15.6 Å². The van der Waals surface area contributed by atoms with E-state index in [1.54, 1.807) is 6.20 Å². The van der Waals surface area contributed by atoms with Gasteiger partial charge in [0.25, 0.3) is 5.91 Å². The van der Waals surface area contributed by atoms with Crippen molar-refractivity contribution in [2.75, 3.05) is 0 Å². The first-order valence-corrected chi connectivity index (χ1v) is 6.22. The topological polar surface area (TPSA) is 91.1 Å². The number of benzene rings is 1. The molecule has 3 amide bonds. The fourth-order valence-corrected chi connectivity index (χ4v) is 2.70. The average Bonchev–Trinajstić information content (AvgIpc) is 2.91. The monoisotopic (exact) mass is 271 g/mol. The summed E-state index contributed by atoms with van der Waals surface area (Å²) in [4.78, 5) is 38.3. The summed E-state index contributed by atoms with van der Waals surface area (Å²) in [5.74, 6) is -0.671. The number of hydrogen-bond donors (Lipinski definition) is 3. The predicted octanol–water partition coefficient (Wildman–Crippen LogP) is 1.18. The van der Waals surface area contributed by atoms with Crippen molar-refractivity contribution in [3.63, 3.8) is 0 Å². The number of ketones is 1. The van der Waals surface area contributed by atoms with Gasteiger partial charge in [-0.05, 0) is 13.0 Å². The fourth-order valence-electron chi connectivity index (χ4n) is 2.70. The van der Waals surface area contributed by atoms with Crippen LogP contribution in [0.4, 0.5) is 4.79 Å². The number of carbonyl (C=O) groups excluding carboxylic acids is 3. The molecule has 102 valence electrons. The van der Waals surface area contributed by atoms with Crippen LogP contribution in [0.15, 0.2) is 30.5 Å². The average molecular weight is 271 g/mol. The van der Waals surface area contributed by atoms with E-state index in [0.717, 1.165) is 10.9 Å². The van der Waals surface area contributed by atoms with Crippen LogP contribution < -0.4 is 10.6 Å². The molecule has 1 fully saturated rings. The highest BCUT2D eigenvalue weighted by Crippen LogP contribution is 2.34. The molecule has 1 saturated heterocycles. The lowest BCUT2D eigenvalue weighted by molar-refractivity contribution is -0.128. The van der Waals surface area contributed by atoms with Gasteiger partial charge in [-0.25, -0.2) is 4.79 Å². The van der Waals surface area contributed by atoms with Crippen molar-refractivity contribution in [2.45, 2.75) is 18.9 Å². The number of aromatic nitrogens is 1. The Morgan fingerprint density at radius 2 is 2.00 bits per heavy atom. The number of rotatable bonds is 3. The Kier molecular flexibility index (Phi) is 2.60. The third-order valence-corrected chi connectivity index (χ3v) is 3.50. The zero-order valence-electron chi connectivity index (χ0n) is 10.8. The normalized spacial score (nSPS) is 21.9. The molecule has 6 heteroatoms. The Labute approximate surface area is 114 Å². The SMILES string of the molecule is CC(=O)CC1(c2c[nH]c3ccccc23)NC(=O)NC1=O. The van der Waals surface area contributed by atoms with Gasteiger partial charge in [0.15, 0.2) is 5.54 Å². The number of amides is 3. The Hall–Kier alpha value is -2.63. The molecular formula is C14H13N3O3. The van der Waals surface area contributed by atoms with Crippen LogP contribution in [0.25, 0.3) is 10.9 Å². The van der Waals surface area contributed by atoms with E-state index in [2.05, 4.69) is 15.6 Å². The van der Waals surface area contributed by atoms with Gasteiger partial charge in [-0.2, -0.15) is 0 Å². The number of H-pyrrole nitrogens is 1. The van der Waals surface area contributed by atoms with Gasteiger partial charge in [-0.3, -0.25) is 14.9 Å². The quantitative estimate of drug-likeness (QED) is 0.732. The number of urea groups is 1. The van der Waals surface area contributed by atoms with Gasteiger partial charge in [0.1, 0.15) is 5.78 Å². The molecule has 0 saturated carbocycles. The summed E-state index contributed by atoms with van der Waals surface area (Å²) in [6, 6.07) is 6.85. The smallest absolute Gasteiger partial charge is 0.322 e. The third kappa shape index (κ3) is 1.69. The van der Waals surface area contributed by atoms with Crippen LogP contribution in [0.5, 0.6) is 0 Å². The van der Waals surface area contributed by atoms with Crippen LogP contribution in [0.2, 0.25) is 0 Å². The molecule has 0 spiro atoms. The molecule has 3 rings (SSSR count). The molecule has 1 aromatic carbocycles. The van der Waals surface area contributed by atoms with E-state index in [1.807, 2.05) is 24.3 Å². The predicted molar refractivity (Wildman–Crippen MR) is 71.9 cm³/mol. The van der Waals surface area contributed by atoms with Crippen LogP contribution in [-0.4, -0.2) is 22.7 Å². The van der Waals surface area contributed by atoms with E-state index < -0.39 is 17.5 Å². The number of imide groups is 1. The maximum absolute atomic E-state index is 12.2. The maximum atomic E-state index is 12.2. The lowest BCUT2D eigenvalue weighted by Crippen LogP contribution is -2.45. The number of nitrogens with one attached hydrogen (secondary N) is 3. The molecule has 1 aromatic heterocycles. The van der Waals surface area contributed by atoms with Gasteiger partial charge in [0, 0.05) is 29.1 Å². The summed E-state index contributed by atoms with van der Waals surface area (Å²) in [5.41, 5.74) is 0.119. The van der Waals surface area contributed by atoms with E-state index in [9.17, 15) is 14.4 Å². The molecule has 1 aliphatic heterocycles. The number of Topliss-reactive ketones (excluding diaryl/α,β-unsaturated/α-hetero) is 1. The van der Waals surface area contributed by atoms with Crippen LogP contribution in [-0.2, 0) is 15.1 Å².